The van der Waals surface area contributed by atoms with Crippen molar-refractivity contribution in [3.05, 3.63) is 5.89 Å². The van der Waals surface area contributed by atoms with Gasteiger partial charge in [-0.3, -0.25) is 0 Å². The molecule has 2 rings (SSSR count). The second-order valence-corrected chi connectivity index (χ2v) is 4.24. The van der Waals surface area contributed by atoms with Gasteiger partial charge >= 0.3 is 0 Å². The third-order valence-electron chi connectivity index (χ3n) is 2.97. The number of likely N-dealkylation sites (N-methyl/N-ethyl adjacent to an activating group) is 1. The third kappa shape index (κ3) is 2.33. The average molecular weight is 225 g/mol. The van der Waals surface area contributed by atoms with Crippen LogP contribution in [0.1, 0.15) is 25.3 Å². The molecule has 2 N–H and O–H groups in total. The SMILES string of the molecule is CC[C@H](N)c1nc(N2CCN(C)CC2)no1. The van der Waals surface area contributed by atoms with Crippen LogP contribution in [0.15, 0.2) is 4.52 Å². The highest BCUT2D eigenvalue weighted by atomic mass is 16.5. The van der Waals surface area contributed by atoms with Crippen LogP contribution in [0.3, 0.4) is 0 Å². The van der Waals surface area contributed by atoms with Crippen molar-refractivity contribution < 1.29 is 4.52 Å². The fourth-order valence-corrected chi connectivity index (χ4v) is 1.69. The predicted octanol–water partition coefficient (Wildman–Crippen LogP) is 0.231. The van der Waals surface area contributed by atoms with E-state index in [9.17, 15) is 0 Å². The third-order valence-corrected chi connectivity index (χ3v) is 2.97. The van der Waals surface area contributed by atoms with Crippen molar-refractivity contribution in [2.45, 2.75) is 19.4 Å². The van der Waals surface area contributed by atoms with Gasteiger partial charge in [0.2, 0.25) is 5.89 Å². The maximum absolute atomic E-state index is 5.84. The second kappa shape index (κ2) is 4.80. The molecule has 0 bridgehead atoms. The molecule has 1 aliphatic heterocycles. The summed E-state index contributed by atoms with van der Waals surface area (Å²) in [5.41, 5.74) is 5.84. The molecule has 90 valence electrons. The Bertz CT molecular complexity index is 332. The summed E-state index contributed by atoms with van der Waals surface area (Å²) in [6.07, 6.45) is 0.810. The number of hydrogen-bond acceptors (Lipinski definition) is 6. The second-order valence-electron chi connectivity index (χ2n) is 4.24. The molecule has 16 heavy (non-hydrogen) atoms. The molecule has 1 atom stereocenters. The van der Waals surface area contributed by atoms with E-state index in [1.54, 1.807) is 0 Å². The number of piperazine rings is 1. The van der Waals surface area contributed by atoms with Gasteiger partial charge in [0.05, 0.1) is 6.04 Å². The number of nitrogens with zero attached hydrogens (tertiary/aromatic N) is 4. The molecule has 1 fully saturated rings. The first-order valence-electron chi connectivity index (χ1n) is 5.73. The summed E-state index contributed by atoms with van der Waals surface area (Å²) >= 11 is 0. The predicted molar refractivity (Wildman–Crippen MR) is 61.2 cm³/mol. The summed E-state index contributed by atoms with van der Waals surface area (Å²) in [6.45, 7) is 5.95. The van der Waals surface area contributed by atoms with Crippen molar-refractivity contribution in [2.75, 3.05) is 38.1 Å². The van der Waals surface area contributed by atoms with Crippen LogP contribution in [-0.4, -0.2) is 48.3 Å². The molecule has 0 unspecified atom stereocenters. The number of rotatable bonds is 3. The van der Waals surface area contributed by atoms with Gasteiger partial charge in [-0.05, 0) is 18.6 Å². The number of hydrogen-bond donors (Lipinski definition) is 1. The van der Waals surface area contributed by atoms with E-state index in [2.05, 4.69) is 27.0 Å². The molecule has 0 saturated carbocycles. The van der Waals surface area contributed by atoms with Crippen molar-refractivity contribution in [1.29, 1.82) is 0 Å². The fraction of sp³-hybridized carbons (Fsp3) is 0.800. The van der Waals surface area contributed by atoms with Gasteiger partial charge in [0.1, 0.15) is 0 Å². The van der Waals surface area contributed by atoms with E-state index >= 15 is 0 Å². The first-order valence-corrected chi connectivity index (χ1v) is 5.73. The van der Waals surface area contributed by atoms with Gasteiger partial charge in [0.25, 0.3) is 5.95 Å². The Morgan fingerprint density at radius 3 is 2.69 bits per heavy atom. The first kappa shape index (κ1) is 11.3. The maximum Gasteiger partial charge on any atom is 0.266 e. The fourth-order valence-electron chi connectivity index (χ4n) is 1.69. The monoisotopic (exact) mass is 225 g/mol. The molecule has 1 saturated heterocycles. The molecule has 0 amide bonds. The lowest BCUT2D eigenvalue weighted by Gasteiger charge is -2.31. The van der Waals surface area contributed by atoms with Gasteiger partial charge in [-0.1, -0.05) is 6.92 Å². The Labute approximate surface area is 95.4 Å². The van der Waals surface area contributed by atoms with Crippen LogP contribution in [0.5, 0.6) is 0 Å². The minimum Gasteiger partial charge on any atom is -0.336 e. The summed E-state index contributed by atoms with van der Waals surface area (Å²) in [5, 5.41) is 3.98. The quantitative estimate of drug-likeness (QED) is 0.794. The van der Waals surface area contributed by atoms with Crippen molar-refractivity contribution in [1.82, 2.24) is 15.0 Å². The average Bonchev–Trinajstić information content (AvgIpc) is 2.78. The molecule has 6 nitrogen and oxygen atoms in total. The topological polar surface area (TPSA) is 71.4 Å². The molecule has 1 aromatic rings. The highest BCUT2D eigenvalue weighted by Crippen LogP contribution is 2.16. The molecule has 1 aromatic heterocycles. The number of anilines is 1. The van der Waals surface area contributed by atoms with Gasteiger partial charge in [-0.15, -0.1) is 0 Å². The number of nitrogens with two attached hydrogens (primary N) is 1. The van der Waals surface area contributed by atoms with E-state index in [0.717, 1.165) is 32.6 Å². The minimum absolute atomic E-state index is 0.145. The Morgan fingerprint density at radius 2 is 2.06 bits per heavy atom. The van der Waals surface area contributed by atoms with Crippen LogP contribution >= 0.6 is 0 Å². The molecular weight excluding hydrogens is 206 g/mol. The van der Waals surface area contributed by atoms with Gasteiger partial charge in [-0.25, -0.2) is 0 Å². The molecule has 0 aliphatic carbocycles. The Hall–Kier alpha value is -1.14. The Kier molecular flexibility index (Phi) is 3.40. The van der Waals surface area contributed by atoms with Gasteiger partial charge in [0, 0.05) is 26.2 Å². The molecule has 0 spiro atoms. The molecule has 0 aromatic carbocycles. The molecule has 1 aliphatic rings. The van der Waals surface area contributed by atoms with Gasteiger partial charge < -0.3 is 20.1 Å². The maximum atomic E-state index is 5.84. The lowest BCUT2D eigenvalue weighted by Crippen LogP contribution is -2.44. The summed E-state index contributed by atoms with van der Waals surface area (Å²) in [5.74, 6) is 1.21. The van der Waals surface area contributed by atoms with E-state index in [4.69, 9.17) is 10.3 Å². The molecule has 6 heteroatoms. The lowest BCUT2D eigenvalue weighted by molar-refractivity contribution is 0.308. The highest BCUT2D eigenvalue weighted by molar-refractivity contribution is 5.28. The van der Waals surface area contributed by atoms with E-state index < -0.39 is 0 Å². The molecular formula is C10H19N5O. The zero-order valence-electron chi connectivity index (χ0n) is 9.89. The smallest absolute Gasteiger partial charge is 0.266 e. The largest absolute Gasteiger partial charge is 0.336 e. The summed E-state index contributed by atoms with van der Waals surface area (Å²) in [6, 6.07) is -0.145. The van der Waals surface area contributed by atoms with E-state index in [0.29, 0.717) is 11.8 Å². The minimum atomic E-state index is -0.145. The van der Waals surface area contributed by atoms with E-state index in [-0.39, 0.29) is 6.04 Å². The van der Waals surface area contributed by atoms with Crippen LogP contribution in [0, 0.1) is 0 Å². The van der Waals surface area contributed by atoms with Crippen LogP contribution in [0.4, 0.5) is 5.95 Å². The highest BCUT2D eigenvalue weighted by Gasteiger charge is 2.20. The summed E-state index contributed by atoms with van der Waals surface area (Å²) in [7, 11) is 2.12. The Morgan fingerprint density at radius 1 is 1.38 bits per heavy atom. The molecule has 2 heterocycles. The van der Waals surface area contributed by atoms with Crippen molar-refractivity contribution in [2.24, 2.45) is 5.73 Å². The van der Waals surface area contributed by atoms with Crippen LogP contribution < -0.4 is 10.6 Å². The zero-order valence-corrected chi connectivity index (χ0v) is 9.89. The summed E-state index contributed by atoms with van der Waals surface area (Å²) in [4.78, 5) is 8.76. The van der Waals surface area contributed by atoms with Crippen LogP contribution in [0.2, 0.25) is 0 Å². The van der Waals surface area contributed by atoms with Crippen LogP contribution in [-0.2, 0) is 0 Å². The lowest BCUT2D eigenvalue weighted by atomic mass is 10.2. The molecule has 0 radical (unpaired) electrons. The van der Waals surface area contributed by atoms with Crippen LogP contribution in [0.25, 0.3) is 0 Å². The number of aromatic nitrogens is 2. The van der Waals surface area contributed by atoms with Crippen molar-refractivity contribution in [3.8, 4) is 0 Å². The Balaban J connectivity index is 2.01. The van der Waals surface area contributed by atoms with Crippen molar-refractivity contribution in [3.63, 3.8) is 0 Å². The normalized spacial score (nSPS) is 20.1. The zero-order chi connectivity index (χ0) is 11.5. The van der Waals surface area contributed by atoms with Gasteiger partial charge in [0.15, 0.2) is 0 Å². The standard InChI is InChI=1S/C10H19N5O/c1-3-8(11)9-12-10(13-16-9)15-6-4-14(2)5-7-15/h8H,3-7,11H2,1-2H3/t8-/m0/s1. The van der Waals surface area contributed by atoms with Gasteiger partial charge in [-0.2, -0.15) is 4.98 Å². The van der Waals surface area contributed by atoms with E-state index in [1.807, 2.05) is 6.92 Å². The summed E-state index contributed by atoms with van der Waals surface area (Å²) < 4.78 is 5.16. The first-order chi connectivity index (χ1) is 7.70. The van der Waals surface area contributed by atoms with Crippen molar-refractivity contribution >= 4 is 5.95 Å². The van der Waals surface area contributed by atoms with E-state index in [1.165, 1.54) is 0 Å².